The van der Waals surface area contributed by atoms with Crippen molar-refractivity contribution < 1.29 is 9.72 Å². The van der Waals surface area contributed by atoms with E-state index in [9.17, 15) is 14.9 Å². The van der Waals surface area contributed by atoms with Crippen LogP contribution in [0.4, 0.5) is 11.6 Å². The van der Waals surface area contributed by atoms with Crippen molar-refractivity contribution in [2.75, 3.05) is 18.4 Å². The number of aromatic nitrogens is 2. The summed E-state index contributed by atoms with van der Waals surface area (Å²) in [6.07, 6.45) is 0.258. The van der Waals surface area contributed by atoms with Crippen LogP contribution >= 0.6 is 0 Å². The Kier molecular flexibility index (Phi) is 5.48. The minimum absolute atomic E-state index is 0.0762. The molecule has 0 aliphatic carbocycles. The van der Waals surface area contributed by atoms with Crippen LogP contribution in [-0.2, 0) is 11.8 Å². The topological polar surface area (TPSA) is 102 Å². The van der Waals surface area contributed by atoms with Crippen LogP contribution in [0.1, 0.15) is 26.1 Å². The zero-order chi connectivity index (χ0) is 15.3. The van der Waals surface area contributed by atoms with Crippen LogP contribution in [0.25, 0.3) is 0 Å². The molecule has 0 unspecified atom stereocenters. The SMILES string of the molecule is Cc1nc([N+](=O)[O-])c(NCCC(=O)NCC(C)C)n1C. The van der Waals surface area contributed by atoms with Crippen molar-refractivity contribution in [2.24, 2.45) is 13.0 Å². The van der Waals surface area contributed by atoms with E-state index >= 15 is 0 Å². The van der Waals surface area contributed by atoms with Gasteiger partial charge in [0.15, 0.2) is 0 Å². The molecule has 1 amide bonds. The summed E-state index contributed by atoms with van der Waals surface area (Å²) in [6, 6.07) is 0. The number of anilines is 1. The van der Waals surface area contributed by atoms with Crippen molar-refractivity contribution in [2.45, 2.75) is 27.2 Å². The molecule has 1 aromatic heterocycles. The lowest BCUT2D eigenvalue weighted by Gasteiger charge is -2.09. The standard InChI is InChI=1S/C12H21N5O3/c1-8(2)7-14-10(18)5-6-13-11-12(17(19)20)15-9(3)16(11)4/h8,13H,5-7H2,1-4H3,(H,14,18). The molecule has 1 rings (SSSR count). The minimum atomic E-state index is -0.534. The third-order valence-corrected chi connectivity index (χ3v) is 2.83. The summed E-state index contributed by atoms with van der Waals surface area (Å²) in [5.74, 6) is 0.973. The lowest BCUT2D eigenvalue weighted by Crippen LogP contribution is -2.28. The Hall–Kier alpha value is -2.12. The van der Waals surface area contributed by atoms with Gasteiger partial charge in [-0.15, -0.1) is 0 Å². The highest BCUT2D eigenvalue weighted by Gasteiger charge is 2.23. The van der Waals surface area contributed by atoms with Crippen molar-refractivity contribution in [1.29, 1.82) is 0 Å². The van der Waals surface area contributed by atoms with Gasteiger partial charge in [-0.05, 0) is 15.8 Å². The summed E-state index contributed by atoms with van der Waals surface area (Å²) >= 11 is 0. The van der Waals surface area contributed by atoms with Gasteiger partial charge < -0.3 is 20.7 Å². The number of hydrogen-bond acceptors (Lipinski definition) is 5. The lowest BCUT2D eigenvalue weighted by atomic mass is 10.2. The van der Waals surface area contributed by atoms with Gasteiger partial charge >= 0.3 is 5.82 Å². The van der Waals surface area contributed by atoms with E-state index in [0.29, 0.717) is 30.6 Å². The van der Waals surface area contributed by atoms with E-state index in [1.165, 1.54) is 0 Å². The van der Waals surface area contributed by atoms with Crippen molar-refractivity contribution >= 4 is 17.5 Å². The highest BCUT2D eigenvalue weighted by atomic mass is 16.6. The molecule has 8 heteroatoms. The predicted molar refractivity (Wildman–Crippen MR) is 75.6 cm³/mol. The molecule has 112 valence electrons. The average Bonchev–Trinajstić information content (AvgIpc) is 2.64. The van der Waals surface area contributed by atoms with Crippen LogP contribution in [0.2, 0.25) is 0 Å². The molecular formula is C12H21N5O3. The smallest absolute Gasteiger partial charge is 0.364 e. The lowest BCUT2D eigenvalue weighted by molar-refractivity contribution is -0.388. The molecule has 0 atom stereocenters. The Labute approximate surface area is 117 Å². The molecule has 0 radical (unpaired) electrons. The fraction of sp³-hybridized carbons (Fsp3) is 0.667. The van der Waals surface area contributed by atoms with Crippen LogP contribution in [0.15, 0.2) is 0 Å². The third kappa shape index (κ3) is 4.22. The molecule has 0 aliphatic rings. The van der Waals surface area contributed by atoms with Gasteiger partial charge in [0.05, 0.1) is 0 Å². The monoisotopic (exact) mass is 283 g/mol. The first-order valence-corrected chi connectivity index (χ1v) is 6.51. The van der Waals surface area contributed by atoms with Gasteiger partial charge in [-0.3, -0.25) is 9.36 Å². The Morgan fingerprint density at radius 1 is 1.50 bits per heavy atom. The summed E-state index contributed by atoms with van der Waals surface area (Å²) < 4.78 is 1.60. The second-order valence-electron chi connectivity index (χ2n) is 5.02. The maximum atomic E-state index is 11.5. The van der Waals surface area contributed by atoms with E-state index in [1.807, 2.05) is 13.8 Å². The van der Waals surface area contributed by atoms with Crippen LogP contribution in [0, 0.1) is 23.0 Å². The van der Waals surface area contributed by atoms with E-state index in [2.05, 4.69) is 15.6 Å². The number of nitrogens with one attached hydrogen (secondary N) is 2. The number of hydrogen-bond donors (Lipinski definition) is 2. The molecule has 0 aromatic carbocycles. The second kappa shape index (κ2) is 6.88. The number of carbonyl (C=O) groups excluding carboxylic acids is 1. The molecule has 0 aliphatic heterocycles. The van der Waals surface area contributed by atoms with Gasteiger partial charge in [-0.1, -0.05) is 13.8 Å². The fourth-order valence-corrected chi connectivity index (χ4v) is 1.62. The van der Waals surface area contributed by atoms with Crippen molar-refractivity contribution in [1.82, 2.24) is 14.9 Å². The molecule has 1 heterocycles. The number of nitro groups is 1. The van der Waals surface area contributed by atoms with E-state index in [0.717, 1.165) is 0 Å². The molecular weight excluding hydrogens is 262 g/mol. The van der Waals surface area contributed by atoms with E-state index < -0.39 is 4.92 Å². The summed E-state index contributed by atoms with van der Waals surface area (Å²) in [5.41, 5.74) is 0. The van der Waals surface area contributed by atoms with Crippen molar-refractivity contribution in [3.63, 3.8) is 0 Å². The van der Waals surface area contributed by atoms with Crippen LogP contribution in [-0.4, -0.2) is 33.5 Å². The molecule has 0 bridgehead atoms. The first-order chi connectivity index (χ1) is 9.32. The average molecular weight is 283 g/mol. The molecule has 0 fully saturated rings. The van der Waals surface area contributed by atoms with Crippen LogP contribution in [0.3, 0.4) is 0 Å². The largest absolute Gasteiger partial charge is 0.406 e. The maximum Gasteiger partial charge on any atom is 0.406 e. The summed E-state index contributed by atoms with van der Waals surface area (Å²) in [4.78, 5) is 25.7. The Balaban J connectivity index is 2.54. The zero-order valence-corrected chi connectivity index (χ0v) is 12.3. The molecule has 8 nitrogen and oxygen atoms in total. The van der Waals surface area contributed by atoms with Gasteiger partial charge in [0.25, 0.3) is 0 Å². The van der Waals surface area contributed by atoms with Gasteiger partial charge in [0.1, 0.15) is 0 Å². The summed E-state index contributed by atoms with van der Waals surface area (Å²) in [6.45, 7) is 6.67. The molecule has 0 saturated heterocycles. The maximum absolute atomic E-state index is 11.5. The first-order valence-electron chi connectivity index (χ1n) is 6.51. The molecule has 2 N–H and O–H groups in total. The van der Waals surface area contributed by atoms with Gasteiger partial charge in [0, 0.05) is 33.5 Å². The number of amides is 1. The van der Waals surface area contributed by atoms with Gasteiger partial charge in [-0.2, -0.15) is 0 Å². The number of aryl methyl sites for hydroxylation is 1. The minimum Gasteiger partial charge on any atom is -0.364 e. The van der Waals surface area contributed by atoms with Crippen LogP contribution in [0.5, 0.6) is 0 Å². The number of imidazole rings is 1. The van der Waals surface area contributed by atoms with E-state index in [-0.39, 0.29) is 18.1 Å². The highest BCUT2D eigenvalue weighted by Crippen LogP contribution is 2.23. The second-order valence-corrected chi connectivity index (χ2v) is 5.02. The Bertz CT molecular complexity index is 496. The number of carbonyl (C=O) groups is 1. The van der Waals surface area contributed by atoms with E-state index in [1.54, 1.807) is 18.5 Å². The zero-order valence-electron chi connectivity index (χ0n) is 12.3. The van der Waals surface area contributed by atoms with Gasteiger partial charge in [0.2, 0.25) is 17.5 Å². The summed E-state index contributed by atoms with van der Waals surface area (Å²) in [5, 5.41) is 16.6. The van der Waals surface area contributed by atoms with Gasteiger partial charge in [-0.25, -0.2) is 0 Å². The molecule has 0 spiro atoms. The quantitative estimate of drug-likeness (QED) is 0.578. The Morgan fingerprint density at radius 3 is 2.70 bits per heavy atom. The normalized spacial score (nSPS) is 10.7. The summed E-state index contributed by atoms with van der Waals surface area (Å²) in [7, 11) is 1.69. The fourth-order valence-electron chi connectivity index (χ4n) is 1.62. The Morgan fingerprint density at radius 2 is 2.15 bits per heavy atom. The molecule has 1 aromatic rings. The van der Waals surface area contributed by atoms with Crippen molar-refractivity contribution in [3.05, 3.63) is 15.9 Å². The predicted octanol–water partition coefficient (Wildman–Crippen LogP) is 1.21. The van der Waals surface area contributed by atoms with E-state index in [4.69, 9.17) is 0 Å². The molecule has 0 saturated carbocycles. The third-order valence-electron chi connectivity index (χ3n) is 2.83. The molecule has 20 heavy (non-hydrogen) atoms. The number of rotatable bonds is 7. The highest BCUT2D eigenvalue weighted by molar-refractivity contribution is 5.76. The van der Waals surface area contributed by atoms with Crippen LogP contribution < -0.4 is 10.6 Å². The number of nitrogens with zero attached hydrogens (tertiary/aromatic N) is 3. The first kappa shape index (κ1) is 15.9. The van der Waals surface area contributed by atoms with Crippen molar-refractivity contribution in [3.8, 4) is 0 Å².